The van der Waals surface area contributed by atoms with Crippen LogP contribution in [0.4, 0.5) is 13.2 Å². The molecule has 0 atom stereocenters. The molecule has 1 fully saturated rings. The Bertz CT molecular complexity index is 774. The van der Waals surface area contributed by atoms with E-state index >= 15 is 0 Å². The predicted octanol–water partition coefficient (Wildman–Crippen LogP) is 3.75. The minimum absolute atomic E-state index is 0.264. The van der Waals surface area contributed by atoms with E-state index in [4.69, 9.17) is 4.74 Å². The molecule has 1 saturated heterocycles. The van der Waals surface area contributed by atoms with Crippen molar-refractivity contribution < 1.29 is 22.6 Å². The van der Waals surface area contributed by atoms with Gasteiger partial charge in [0.1, 0.15) is 5.75 Å². The molecule has 0 N–H and O–H groups in total. The number of nitrogens with zero attached hydrogens (tertiary/aromatic N) is 3. The van der Waals surface area contributed by atoms with Gasteiger partial charge in [0.15, 0.2) is 0 Å². The number of benzene rings is 1. The van der Waals surface area contributed by atoms with Crippen LogP contribution < -0.4 is 4.74 Å². The van der Waals surface area contributed by atoms with Crippen LogP contribution in [0.5, 0.6) is 5.75 Å². The van der Waals surface area contributed by atoms with E-state index in [-0.39, 0.29) is 11.3 Å². The van der Waals surface area contributed by atoms with Crippen molar-refractivity contribution >= 4 is 0 Å². The Kier molecular flexibility index (Phi) is 4.95. The molecule has 0 spiro atoms. The van der Waals surface area contributed by atoms with E-state index < -0.39 is 6.36 Å². The van der Waals surface area contributed by atoms with Crippen molar-refractivity contribution in [2.75, 3.05) is 13.2 Å². The molecule has 0 aliphatic carbocycles. The fourth-order valence-corrected chi connectivity index (χ4v) is 2.85. The predicted molar refractivity (Wildman–Crippen MR) is 82.6 cm³/mol. The Hall–Kier alpha value is -2.53. The first-order chi connectivity index (χ1) is 11.9. The molecule has 132 valence electrons. The molecule has 25 heavy (non-hydrogen) atoms. The van der Waals surface area contributed by atoms with E-state index in [1.807, 2.05) is 6.07 Å². The lowest BCUT2D eigenvalue weighted by Crippen LogP contribution is -2.20. The summed E-state index contributed by atoms with van der Waals surface area (Å²) in [5.41, 5.74) is 1.21. The second kappa shape index (κ2) is 7.15. The number of ether oxygens (including phenoxy) is 2. The molecule has 1 aliphatic rings. The molecule has 0 radical (unpaired) electrons. The quantitative estimate of drug-likeness (QED) is 0.842. The van der Waals surface area contributed by atoms with Crippen LogP contribution in [0.3, 0.4) is 0 Å². The topological polar surface area (TPSA) is 60.1 Å². The first-order valence-electron chi connectivity index (χ1n) is 7.85. The van der Waals surface area contributed by atoms with Gasteiger partial charge in [-0.15, -0.1) is 13.2 Å². The van der Waals surface area contributed by atoms with Gasteiger partial charge in [0.2, 0.25) is 0 Å². The molecule has 1 aromatic heterocycles. The maximum Gasteiger partial charge on any atom is 0.573 e. The van der Waals surface area contributed by atoms with Crippen molar-refractivity contribution in [2.45, 2.75) is 25.7 Å². The third-order valence-electron chi connectivity index (χ3n) is 4.08. The number of rotatable bonds is 4. The Labute approximate surface area is 142 Å². The van der Waals surface area contributed by atoms with Gasteiger partial charge in [0, 0.05) is 37.1 Å². The van der Waals surface area contributed by atoms with Crippen molar-refractivity contribution in [1.82, 2.24) is 9.78 Å². The fourth-order valence-electron chi connectivity index (χ4n) is 2.85. The van der Waals surface area contributed by atoms with E-state index in [9.17, 15) is 18.4 Å². The third kappa shape index (κ3) is 4.51. The van der Waals surface area contributed by atoms with E-state index in [0.29, 0.717) is 23.6 Å². The van der Waals surface area contributed by atoms with Crippen molar-refractivity contribution in [1.29, 1.82) is 5.26 Å². The van der Waals surface area contributed by atoms with Gasteiger partial charge in [-0.2, -0.15) is 10.4 Å². The highest BCUT2D eigenvalue weighted by atomic mass is 19.4. The van der Waals surface area contributed by atoms with Crippen molar-refractivity contribution in [2.24, 2.45) is 5.92 Å². The molecule has 2 heterocycles. The summed E-state index contributed by atoms with van der Waals surface area (Å²) in [6.45, 7) is 2.17. The lowest BCUT2D eigenvalue weighted by molar-refractivity contribution is -0.274. The van der Waals surface area contributed by atoms with Gasteiger partial charge >= 0.3 is 6.36 Å². The van der Waals surface area contributed by atoms with Crippen LogP contribution in [0.2, 0.25) is 0 Å². The second-order valence-electron chi connectivity index (χ2n) is 5.87. The van der Waals surface area contributed by atoms with Gasteiger partial charge in [0.05, 0.1) is 17.8 Å². The first kappa shape index (κ1) is 17.3. The Morgan fingerprint density at radius 1 is 1.32 bits per heavy atom. The molecule has 3 rings (SSSR count). The molecular weight excluding hydrogens is 335 g/mol. The van der Waals surface area contributed by atoms with Gasteiger partial charge in [-0.05, 0) is 37.0 Å². The number of nitriles is 1. The molecule has 0 amide bonds. The smallest absolute Gasteiger partial charge is 0.406 e. The van der Waals surface area contributed by atoms with Crippen LogP contribution in [0.1, 0.15) is 18.4 Å². The molecule has 0 saturated carbocycles. The normalized spacial score (nSPS) is 15.8. The minimum Gasteiger partial charge on any atom is -0.406 e. The summed E-state index contributed by atoms with van der Waals surface area (Å²) in [4.78, 5) is 0. The zero-order valence-corrected chi connectivity index (χ0v) is 13.3. The van der Waals surface area contributed by atoms with Gasteiger partial charge in [-0.25, -0.2) is 0 Å². The Balaban J connectivity index is 1.82. The molecule has 2 aromatic rings. The van der Waals surface area contributed by atoms with Gasteiger partial charge < -0.3 is 9.47 Å². The van der Waals surface area contributed by atoms with Gasteiger partial charge in [-0.3, -0.25) is 4.68 Å². The lowest BCUT2D eigenvalue weighted by atomic mass is 10.0. The summed E-state index contributed by atoms with van der Waals surface area (Å²) in [7, 11) is 0. The third-order valence-corrected chi connectivity index (χ3v) is 4.08. The highest BCUT2D eigenvalue weighted by molar-refractivity contribution is 5.71. The maximum absolute atomic E-state index is 12.4. The van der Waals surface area contributed by atoms with E-state index in [0.717, 1.165) is 32.1 Å². The SMILES string of the molecule is N#Cc1ccc(OC(F)(F)F)cc1-c1cnn(CC2CCOCC2)c1. The molecule has 0 unspecified atom stereocenters. The number of aromatic nitrogens is 2. The van der Waals surface area contributed by atoms with Crippen molar-refractivity contribution in [3.8, 4) is 22.9 Å². The van der Waals surface area contributed by atoms with Gasteiger partial charge in [0.25, 0.3) is 0 Å². The van der Waals surface area contributed by atoms with E-state index in [2.05, 4.69) is 9.84 Å². The average molecular weight is 351 g/mol. The molecule has 8 heteroatoms. The van der Waals surface area contributed by atoms with Gasteiger partial charge in [-0.1, -0.05) is 0 Å². The van der Waals surface area contributed by atoms with Crippen LogP contribution in [-0.2, 0) is 11.3 Å². The Morgan fingerprint density at radius 3 is 2.76 bits per heavy atom. The lowest BCUT2D eigenvalue weighted by Gasteiger charge is -2.21. The highest BCUT2D eigenvalue weighted by Gasteiger charge is 2.31. The maximum atomic E-state index is 12.4. The molecule has 1 aromatic carbocycles. The van der Waals surface area contributed by atoms with Crippen LogP contribution in [0, 0.1) is 17.2 Å². The molecule has 1 aliphatic heterocycles. The zero-order chi connectivity index (χ0) is 17.9. The number of alkyl halides is 3. The molecule has 5 nitrogen and oxygen atoms in total. The summed E-state index contributed by atoms with van der Waals surface area (Å²) < 4.78 is 48.2. The summed E-state index contributed by atoms with van der Waals surface area (Å²) in [5.74, 6) is 0.0931. The molecule has 0 bridgehead atoms. The fraction of sp³-hybridized carbons (Fsp3) is 0.412. The largest absolute Gasteiger partial charge is 0.573 e. The van der Waals surface area contributed by atoms with E-state index in [1.165, 1.54) is 12.1 Å². The first-order valence-corrected chi connectivity index (χ1v) is 7.85. The minimum atomic E-state index is -4.78. The number of hydrogen-bond donors (Lipinski definition) is 0. The van der Waals surface area contributed by atoms with E-state index in [1.54, 1.807) is 17.1 Å². The van der Waals surface area contributed by atoms with Crippen LogP contribution >= 0.6 is 0 Å². The molecular formula is C17H16F3N3O2. The van der Waals surface area contributed by atoms with Crippen LogP contribution in [0.15, 0.2) is 30.6 Å². The summed E-state index contributed by atoms with van der Waals surface area (Å²) in [5, 5.41) is 13.5. The number of hydrogen-bond acceptors (Lipinski definition) is 4. The van der Waals surface area contributed by atoms with Crippen LogP contribution in [-0.4, -0.2) is 29.4 Å². The second-order valence-corrected chi connectivity index (χ2v) is 5.87. The van der Waals surface area contributed by atoms with Crippen LogP contribution in [0.25, 0.3) is 11.1 Å². The Morgan fingerprint density at radius 2 is 2.08 bits per heavy atom. The van der Waals surface area contributed by atoms with Crippen molar-refractivity contribution in [3.05, 3.63) is 36.2 Å². The standard InChI is InChI=1S/C17H16F3N3O2/c18-17(19,20)25-15-2-1-13(8-21)16(7-15)14-9-22-23(11-14)10-12-3-5-24-6-4-12/h1-2,7,9,11-12H,3-6,10H2. The summed E-state index contributed by atoms with van der Waals surface area (Å²) >= 11 is 0. The monoisotopic (exact) mass is 351 g/mol. The van der Waals surface area contributed by atoms with Crippen molar-refractivity contribution in [3.63, 3.8) is 0 Å². The number of halogens is 3. The highest BCUT2D eigenvalue weighted by Crippen LogP contribution is 2.31. The zero-order valence-electron chi connectivity index (χ0n) is 13.3. The summed E-state index contributed by atoms with van der Waals surface area (Å²) in [6, 6.07) is 5.63. The summed E-state index contributed by atoms with van der Waals surface area (Å²) in [6.07, 6.45) is 0.412. The average Bonchev–Trinajstić information content (AvgIpc) is 3.02.